The smallest absolute Gasteiger partial charge is 0.269 e. The monoisotopic (exact) mass is 377 g/mol. The van der Waals surface area contributed by atoms with Gasteiger partial charge in [0.05, 0.1) is 21.5 Å². The number of fused-ring (bicyclic) bond motifs is 2. The first kappa shape index (κ1) is 17.2. The molecule has 134 valence electrons. The molecule has 1 aliphatic heterocycles. The Kier molecular flexibility index (Phi) is 3.96. The lowest BCUT2D eigenvalue weighted by atomic mass is 9.75. The van der Waals surface area contributed by atoms with Gasteiger partial charge in [-0.1, -0.05) is 48.6 Å². The summed E-state index contributed by atoms with van der Waals surface area (Å²) in [5, 5.41) is 11.0. The molecule has 2 N–H and O–H groups in total. The second kappa shape index (κ2) is 6.21. The predicted molar refractivity (Wildman–Crippen MR) is 107 cm³/mol. The van der Waals surface area contributed by atoms with Crippen LogP contribution in [0.3, 0.4) is 0 Å². The van der Waals surface area contributed by atoms with Crippen molar-refractivity contribution in [3.63, 3.8) is 0 Å². The number of rotatable bonds is 3. The highest BCUT2D eigenvalue weighted by Gasteiger charge is 2.43. The molecule has 27 heavy (non-hydrogen) atoms. The average Bonchev–Trinajstić information content (AvgIpc) is 2.93. The first-order valence-corrected chi connectivity index (χ1v) is 8.78. The summed E-state index contributed by atoms with van der Waals surface area (Å²) in [5.74, 6) is -0.935. The molecular formula is C20H15N3O3S. The fourth-order valence-corrected chi connectivity index (χ4v) is 4.19. The number of aliphatic imine (C=N–C) groups is 1. The summed E-state index contributed by atoms with van der Waals surface area (Å²) in [6.45, 7) is 1.84. The van der Waals surface area contributed by atoms with Crippen LogP contribution in [0.15, 0.2) is 59.1 Å². The van der Waals surface area contributed by atoms with E-state index in [-0.39, 0.29) is 16.5 Å². The van der Waals surface area contributed by atoms with E-state index in [2.05, 4.69) is 4.99 Å². The number of thiocarbonyl (C=S) groups is 1. The van der Waals surface area contributed by atoms with Gasteiger partial charge in [0.25, 0.3) is 5.69 Å². The summed E-state index contributed by atoms with van der Waals surface area (Å²) in [4.78, 5) is 28.6. The van der Waals surface area contributed by atoms with Gasteiger partial charge in [-0.2, -0.15) is 0 Å². The standard InChI is InChI=1S/C20H15N3O3S/c1-10-15(20(21)27)16(11-6-8-12(9-7-11)23(25)26)17-18(22-10)13-4-2-3-5-14(13)19(17)24/h2-9,15-16H,1H3,(H2,21,27)/t15?,16-/m0/s1. The number of nitrogens with two attached hydrogens (primary N) is 1. The molecule has 0 saturated heterocycles. The molecule has 2 aliphatic rings. The Bertz CT molecular complexity index is 1070. The minimum Gasteiger partial charge on any atom is -0.393 e. The predicted octanol–water partition coefficient (Wildman–Crippen LogP) is 3.66. The van der Waals surface area contributed by atoms with E-state index in [1.54, 1.807) is 18.2 Å². The molecule has 0 bridgehead atoms. The molecule has 1 heterocycles. The number of nitro benzene ring substituents is 1. The maximum Gasteiger partial charge on any atom is 0.269 e. The highest BCUT2D eigenvalue weighted by atomic mass is 32.1. The van der Waals surface area contributed by atoms with Gasteiger partial charge in [0.2, 0.25) is 0 Å². The first-order valence-electron chi connectivity index (χ1n) is 8.37. The Morgan fingerprint density at radius 2 is 1.78 bits per heavy atom. The number of ketones is 1. The lowest BCUT2D eigenvalue weighted by Crippen LogP contribution is -2.36. The topological polar surface area (TPSA) is 98.6 Å². The molecule has 6 nitrogen and oxygen atoms in total. The molecule has 1 unspecified atom stereocenters. The van der Waals surface area contributed by atoms with Gasteiger partial charge >= 0.3 is 0 Å². The Labute approximate surface area is 160 Å². The molecule has 7 heteroatoms. The van der Waals surface area contributed by atoms with Crippen molar-refractivity contribution in [2.24, 2.45) is 16.6 Å². The third-order valence-corrected chi connectivity index (χ3v) is 5.33. The maximum absolute atomic E-state index is 13.1. The largest absolute Gasteiger partial charge is 0.393 e. The molecule has 0 saturated carbocycles. The van der Waals surface area contributed by atoms with Gasteiger partial charge in [0.15, 0.2) is 5.78 Å². The zero-order valence-electron chi connectivity index (χ0n) is 14.4. The van der Waals surface area contributed by atoms with Crippen molar-refractivity contribution < 1.29 is 9.72 Å². The van der Waals surface area contributed by atoms with Crippen LogP contribution in [-0.4, -0.2) is 21.4 Å². The van der Waals surface area contributed by atoms with Crippen molar-refractivity contribution in [1.29, 1.82) is 0 Å². The molecule has 2 aromatic carbocycles. The molecule has 2 atom stereocenters. The first-order chi connectivity index (χ1) is 12.9. The van der Waals surface area contributed by atoms with Gasteiger partial charge in [0, 0.05) is 40.5 Å². The molecule has 4 rings (SSSR count). The van der Waals surface area contributed by atoms with Crippen LogP contribution in [0, 0.1) is 16.0 Å². The maximum atomic E-state index is 13.1. The third-order valence-electron chi connectivity index (χ3n) is 5.08. The van der Waals surface area contributed by atoms with E-state index in [4.69, 9.17) is 18.0 Å². The van der Waals surface area contributed by atoms with Gasteiger partial charge in [-0.3, -0.25) is 19.9 Å². The zero-order valence-corrected chi connectivity index (χ0v) is 15.2. The highest BCUT2D eigenvalue weighted by Crippen LogP contribution is 2.47. The molecule has 0 amide bonds. The van der Waals surface area contributed by atoms with Crippen LogP contribution >= 0.6 is 12.2 Å². The third kappa shape index (κ3) is 2.59. The fourth-order valence-electron chi connectivity index (χ4n) is 3.88. The lowest BCUT2D eigenvalue weighted by molar-refractivity contribution is -0.384. The average molecular weight is 377 g/mol. The second-order valence-electron chi connectivity index (χ2n) is 6.60. The Hall–Kier alpha value is -3.19. The summed E-state index contributed by atoms with van der Waals surface area (Å²) in [6.07, 6.45) is 0. The van der Waals surface area contributed by atoms with Crippen LogP contribution in [0.1, 0.15) is 34.3 Å². The van der Waals surface area contributed by atoms with Crippen LogP contribution in [-0.2, 0) is 0 Å². The lowest BCUT2D eigenvalue weighted by Gasteiger charge is -2.31. The van der Waals surface area contributed by atoms with Gasteiger partial charge in [-0.05, 0) is 12.5 Å². The summed E-state index contributed by atoms with van der Waals surface area (Å²) in [7, 11) is 0. The number of allylic oxidation sites excluding steroid dienone is 1. The van der Waals surface area contributed by atoms with Crippen molar-refractivity contribution in [3.05, 3.63) is 80.9 Å². The number of benzene rings is 2. The Morgan fingerprint density at radius 3 is 2.37 bits per heavy atom. The molecule has 1 aliphatic carbocycles. The SMILES string of the molecule is CC1=NC2=C(C(=O)c3ccccc32)[C@@H](c2ccc([N+](=O)[O-])cc2)C1C(N)=S. The van der Waals surface area contributed by atoms with Crippen molar-refractivity contribution in [1.82, 2.24) is 0 Å². The minimum absolute atomic E-state index is 0.0120. The summed E-state index contributed by atoms with van der Waals surface area (Å²) >= 11 is 5.28. The van der Waals surface area contributed by atoms with E-state index >= 15 is 0 Å². The van der Waals surface area contributed by atoms with Gasteiger partial charge in [0.1, 0.15) is 0 Å². The number of hydrogen-bond acceptors (Lipinski definition) is 5. The fraction of sp³-hybridized carbons (Fsp3) is 0.150. The molecule has 2 aromatic rings. The van der Waals surface area contributed by atoms with Crippen molar-refractivity contribution >= 4 is 40.1 Å². The quantitative estimate of drug-likeness (QED) is 0.500. The van der Waals surface area contributed by atoms with Crippen LogP contribution < -0.4 is 5.73 Å². The summed E-state index contributed by atoms with van der Waals surface area (Å²) < 4.78 is 0. The normalized spacial score (nSPS) is 20.8. The minimum atomic E-state index is -0.455. The van der Waals surface area contributed by atoms with Gasteiger partial charge in [-0.15, -0.1) is 0 Å². The van der Waals surface area contributed by atoms with Crippen LogP contribution in [0.25, 0.3) is 5.70 Å². The van der Waals surface area contributed by atoms with Crippen LogP contribution in [0.4, 0.5) is 5.69 Å². The zero-order chi connectivity index (χ0) is 19.3. The summed E-state index contributed by atoms with van der Waals surface area (Å²) in [6, 6.07) is 13.5. The van der Waals surface area contributed by atoms with Crippen LogP contribution in [0.5, 0.6) is 0 Å². The van der Waals surface area contributed by atoms with E-state index in [9.17, 15) is 14.9 Å². The summed E-state index contributed by atoms with van der Waals surface area (Å²) in [5.41, 5.74) is 10.1. The van der Waals surface area contributed by atoms with Crippen molar-refractivity contribution in [2.75, 3.05) is 0 Å². The van der Waals surface area contributed by atoms with E-state index in [0.717, 1.165) is 16.8 Å². The number of carbonyl (C=O) groups excluding carboxylic acids is 1. The van der Waals surface area contributed by atoms with Gasteiger partial charge < -0.3 is 5.73 Å². The number of Topliss-reactive ketones (excluding diaryl/α,β-unsaturated/α-hetero) is 1. The Balaban J connectivity index is 1.92. The molecule has 0 fully saturated rings. The van der Waals surface area contributed by atoms with E-state index in [1.165, 1.54) is 12.1 Å². The van der Waals surface area contributed by atoms with Crippen molar-refractivity contribution in [2.45, 2.75) is 12.8 Å². The second-order valence-corrected chi connectivity index (χ2v) is 7.07. The van der Waals surface area contributed by atoms with E-state index < -0.39 is 16.8 Å². The molecule has 0 aromatic heterocycles. The molecule has 0 spiro atoms. The number of non-ortho nitro benzene ring substituents is 1. The molecule has 0 radical (unpaired) electrons. The van der Waals surface area contributed by atoms with Crippen molar-refractivity contribution in [3.8, 4) is 0 Å². The number of hydrogen-bond donors (Lipinski definition) is 1. The number of carbonyl (C=O) groups is 1. The number of nitrogens with zero attached hydrogens (tertiary/aromatic N) is 2. The van der Waals surface area contributed by atoms with E-state index in [0.29, 0.717) is 16.8 Å². The van der Waals surface area contributed by atoms with E-state index in [1.807, 2.05) is 25.1 Å². The Morgan fingerprint density at radius 1 is 1.15 bits per heavy atom. The van der Waals surface area contributed by atoms with Crippen LogP contribution in [0.2, 0.25) is 0 Å². The highest BCUT2D eigenvalue weighted by molar-refractivity contribution is 7.80. The number of nitro groups is 1. The van der Waals surface area contributed by atoms with Gasteiger partial charge in [-0.25, -0.2) is 0 Å². The molecular weight excluding hydrogens is 362 g/mol.